The van der Waals surface area contributed by atoms with E-state index in [4.69, 9.17) is 14.4 Å². The van der Waals surface area contributed by atoms with E-state index in [2.05, 4.69) is 15.0 Å². The van der Waals surface area contributed by atoms with Gasteiger partial charge in [-0.2, -0.15) is 4.98 Å². The first-order valence-corrected chi connectivity index (χ1v) is 8.47. The smallest absolute Gasteiger partial charge is 0.306 e. The van der Waals surface area contributed by atoms with E-state index in [1.807, 2.05) is 13.8 Å². The molecule has 3 rings (SSSR count). The number of aromatic nitrogens is 2. The number of ether oxygens (including phenoxy) is 1. The Bertz CT molecular complexity index is 539. The van der Waals surface area contributed by atoms with Gasteiger partial charge in [0.15, 0.2) is 5.82 Å². The molecule has 1 saturated heterocycles. The first-order chi connectivity index (χ1) is 11.1. The average Bonchev–Trinajstić information content (AvgIpc) is 3.21. The van der Waals surface area contributed by atoms with Gasteiger partial charge in [-0.25, -0.2) is 0 Å². The molecule has 0 amide bonds. The lowest BCUT2D eigenvalue weighted by molar-refractivity contribution is -0.139. The predicted molar refractivity (Wildman–Crippen MR) is 81.6 cm³/mol. The lowest BCUT2D eigenvalue weighted by Crippen LogP contribution is -2.34. The number of hydrogen-bond acceptors (Lipinski definition) is 6. The molecule has 1 saturated carbocycles. The molecule has 23 heavy (non-hydrogen) atoms. The second-order valence-electron chi connectivity index (χ2n) is 6.60. The maximum Gasteiger partial charge on any atom is 0.306 e. The summed E-state index contributed by atoms with van der Waals surface area (Å²) in [4.78, 5) is 17.7. The molecule has 128 valence electrons. The summed E-state index contributed by atoms with van der Waals surface area (Å²) in [6.07, 6.45) is 2.84. The maximum atomic E-state index is 11.0. The zero-order valence-corrected chi connectivity index (χ0v) is 13.8. The van der Waals surface area contributed by atoms with E-state index >= 15 is 0 Å². The summed E-state index contributed by atoms with van der Waals surface area (Å²) < 4.78 is 10.8. The summed E-state index contributed by atoms with van der Waals surface area (Å²) in [5.41, 5.74) is 0. The summed E-state index contributed by atoms with van der Waals surface area (Å²) in [5, 5.41) is 13.0. The molecule has 1 aromatic heterocycles. The van der Waals surface area contributed by atoms with Crippen LogP contribution in [-0.4, -0.2) is 45.8 Å². The summed E-state index contributed by atoms with van der Waals surface area (Å²) in [5.74, 6) is 1.46. The van der Waals surface area contributed by atoms with E-state index in [1.165, 1.54) is 0 Å². The molecule has 1 unspecified atom stereocenters. The quantitative estimate of drug-likeness (QED) is 0.822. The molecule has 1 aliphatic heterocycles. The Morgan fingerprint density at radius 3 is 2.83 bits per heavy atom. The molecule has 3 atom stereocenters. The van der Waals surface area contributed by atoms with Crippen molar-refractivity contribution in [1.82, 2.24) is 15.0 Å². The lowest BCUT2D eigenvalue weighted by atomic mass is 9.91. The van der Waals surface area contributed by atoms with E-state index in [1.54, 1.807) is 0 Å². The highest BCUT2D eigenvalue weighted by Crippen LogP contribution is 2.48. The van der Waals surface area contributed by atoms with Gasteiger partial charge in [-0.3, -0.25) is 9.69 Å². The van der Waals surface area contributed by atoms with Crippen molar-refractivity contribution in [3.8, 4) is 0 Å². The molecule has 0 radical (unpaired) electrons. The van der Waals surface area contributed by atoms with Crippen LogP contribution in [0.2, 0.25) is 0 Å². The van der Waals surface area contributed by atoms with Gasteiger partial charge in [-0.15, -0.1) is 0 Å². The Morgan fingerprint density at radius 1 is 1.48 bits per heavy atom. The van der Waals surface area contributed by atoms with Gasteiger partial charge < -0.3 is 14.4 Å². The van der Waals surface area contributed by atoms with Gasteiger partial charge in [0.05, 0.1) is 12.5 Å². The summed E-state index contributed by atoms with van der Waals surface area (Å²) >= 11 is 0. The fraction of sp³-hybridized carbons (Fsp3) is 0.812. The molecule has 1 aromatic rings. The zero-order chi connectivity index (χ0) is 16.4. The van der Waals surface area contributed by atoms with Crippen LogP contribution in [0.4, 0.5) is 0 Å². The molecule has 7 nitrogen and oxygen atoms in total. The number of carboxylic acids is 1. The number of hydrogen-bond donors (Lipinski definition) is 1. The number of carbonyl (C=O) groups is 1. The monoisotopic (exact) mass is 323 g/mol. The van der Waals surface area contributed by atoms with Crippen LogP contribution in [0.1, 0.15) is 50.9 Å². The molecular weight excluding hydrogens is 298 g/mol. The topological polar surface area (TPSA) is 88.7 Å². The van der Waals surface area contributed by atoms with Crippen LogP contribution in [0.3, 0.4) is 0 Å². The van der Waals surface area contributed by atoms with Crippen molar-refractivity contribution in [2.24, 2.45) is 17.8 Å². The molecular formula is C16H25N3O4. The second-order valence-corrected chi connectivity index (χ2v) is 6.60. The van der Waals surface area contributed by atoms with Crippen LogP contribution in [0, 0.1) is 17.8 Å². The van der Waals surface area contributed by atoms with Crippen LogP contribution in [0.15, 0.2) is 4.52 Å². The minimum atomic E-state index is -0.626. The highest BCUT2D eigenvalue weighted by atomic mass is 16.5. The van der Waals surface area contributed by atoms with Gasteiger partial charge in [-0.05, 0) is 58.0 Å². The van der Waals surface area contributed by atoms with Gasteiger partial charge >= 0.3 is 5.97 Å². The van der Waals surface area contributed by atoms with Gasteiger partial charge in [0.2, 0.25) is 5.89 Å². The summed E-state index contributed by atoms with van der Waals surface area (Å²) in [6.45, 7) is 7.07. The van der Waals surface area contributed by atoms with Crippen molar-refractivity contribution in [2.75, 3.05) is 19.7 Å². The minimum absolute atomic E-state index is 0.0925. The second kappa shape index (κ2) is 6.97. The van der Waals surface area contributed by atoms with E-state index in [-0.39, 0.29) is 12.0 Å². The van der Waals surface area contributed by atoms with E-state index in [9.17, 15) is 4.79 Å². The molecule has 2 heterocycles. The van der Waals surface area contributed by atoms with Gasteiger partial charge in [0.1, 0.15) is 6.10 Å². The first-order valence-electron chi connectivity index (χ1n) is 8.47. The third-order valence-electron chi connectivity index (χ3n) is 5.02. The van der Waals surface area contributed by atoms with Gasteiger partial charge in [0.25, 0.3) is 0 Å². The zero-order valence-electron chi connectivity index (χ0n) is 13.8. The number of aliphatic carboxylic acids is 1. The number of carboxylic acid groups (broad SMARTS) is 1. The Morgan fingerprint density at radius 2 is 2.22 bits per heavy atom. The predicted octanol–water partition coefficient (Wildman–Crippen LogP) is 2.10. The molecule has 0 bridgehead atoms. The first kappa shape index (κ1) is 16.4. The Hall–Kier alpha value is -1.47. The summed E-state index contributed by atoms with van der Waals surface area (Å²) in [7, 11) is 0. The molecule has 7 heteroatoms. The van der Waals surface area contributed by atoms with E-state index < -0.39 is 5.97 Å². The van der Waals surface area contributed by atoms with Crippen molar-refractivity contribution < 1.29 is 19.2 Å². The van der Waals surface area contributed by atoms with Gasteiger partial charge in [0, 0.05) is 6.61 Å². The number of nitrogens with zero attached hydrogens (tertiary/aromatic N) is 3. The highest BCUT2D eigenvalue weighted by Gasteiger charge is 2.48. The third kappa shape index (κ3) is 3.90. The third-order valence-corrected chi connectivity index (χ3v) is 5.02. The molecule has 0 aromatic carbocycles. The van der Waals surface area contributed by atoms with Gasteiger partial charge in [-0.1, -0.05) is 5.16 Å². The normalized spacial score (nSPS) is 27.0. The number of piperidine rings is 1. The van der Waals surface area contributed by atoms with Crippen molar-refractivity contribution in [3.05, 3.63) is 11.7 Å². The largest absolute Gasteiger partial charge is 0.481 e. The lowest BCUT2D eigenvalue weighted by Gasteiger charge is -2.31. The van der Waals surface area contributed by atoms with Crippen molar-refractivity contribution >= 4 is 5.97 Å². The molecule has 1 aliphatic carbocycles. The van der Waals surface area contributed by atoms with Crippen molar-refractivity contribution in [2.45, 2.75) is 45.8 Å². The Labute approximate surface area is 136 Å². The molecule has 2 fully saturated rings. The average molecular weight is 323 g/mol. The number of rotatable bonds is 7. The standard InChI is InChI=1S/C16H25N3O4/c1-3-22-10(2)15-17-14(23-18-15)9-19-6-4-11(5-7-19)12-8-13(12)16(20)21/h10-13H,3-9H2,1-2H3,(H,20,21)/t10?,12-,13+/m0/s1. The van der Waals surface area contributed by atoms with E-state index in [0.29, 0.717) is 36.7 Å². The van der Waals surface area contributed by atoms with Crippen LogP contribution in [0.25, 0.3) is 0 Å². The highest BCUT2D eigenvalue weighted by molar-refractivity contribution is 5.73. The van der Waals surface area contributed by atoms with Crippen LogP contribution in [0.5, 0.6) is 0 Å². The molecule has 2 aliphatic rings. The summed E-state index contributed by atoms with van der Waals surface area (Å²) in [6, 6.07) is 0. The van der Waals surface area contributed by atoms with Crippen molar-refractivity contribution in [3.63, 3.8) is 0 Å². The SMILES string of the molecule is CCOC(C)c1noc(CN2CCC([C@@H]3C[C@H]3C(=O)O)CC2)n1. The number of likely N-dealkylation sites (tertiary alicyclic amines) is 1. The maximum absolute atomic E-state index is 11.0. The fourth-order valence-corrected chi connectivity index (χ4v) is 3.57. The van der Waals surface area contributed by atoms with Crippen LogP contribution >= 0.6 is 0 Å². The molecule has 1 N–H and O–H groups in total. The Kier molecular flexibility index (Phi) is 4.96. The minimum Gasteiger partial charge on any atom is -0.481 e. The van der Waals surface area contributed by atoms with Crippen LogP contribution < -0.4 is 0 Å². The molecule has 0 spiro atoms. The fourth-order valence-electron chi connectivity index (χ4n) is 3.57. The van der Waals surface area contributed by atoms with Crippen LogP contribution in [-0.2, 0) is 16.1 Å². The Balaban J connectivity index is 1.45. The van der Waals surface area contributed by atoms with E-state index in [0.717, 1.165) is 32.4 Å². The van der Waals surface area contributed by atoms with Crippen molar-refractivity contribution in [1.29, 1.82) is 0 Å².